The molecule has 1 aliphatic rings. The number of halogens is 1. The second-order valence-electron chi connectivity index (χ2n) is 6.76. The van der Waals surface area contributed by atoms with Crippen LogP contribution in [0.2, 0.25) is 0 Å². The van der Waals surface area contributed by atoms with E-state index in [1.807, 2.05) is 19.1 Å². The summed E-state index contributed by atoms with van der Waals surface area (Å²) in [5.41, 5.74) is 1.62. The highest BCUT2D eigenvalue weighted by atomic mass is 35.5. The Balaban J connectivity index is 0.00000261. The highest BCUT2D eigenvalue weighted by Gasteiger charge is 2.10. The third-order valence-electron chi connectivity index (χ3n) is 4.82. The lowest BCUT2D eigenvalue weighted by atomic mass is 10.1. The van der Waals surface area contributed by atoms with Crippen LogP contribution in [-0.4, -0.2) is 59.6 Å². The van der Waals surface area contributed by atoms with Crippen LogP contribution < -0.4 is 16.2 Å². The van der Waals surface area contributed by atoms with Gasteiger partial charge in [0.1, 0.15) is 0 Å². The number of carbonyl (C=O) groups is 1. The van der Waals surface area contributed by atoms with Crippen molar-refractivity contribution in [3.8, 4) is 0 Å². The highest BCUT2D eigenvalue weighted by Crippen LogP contribution is 2.11. The first-order valence-corrected chi connectivity index (χ1v) is 9.30. The van der Waals surface area contributed by atoms with Crippen molar-refractivity contribution in [1.29, 1.82) is 0 Å². The van der Waals surface area contributed by atoms with Gasteiger partial charge in [-0.15, -0.1) is 12.4 Å². The van der Waals surface area contributed by atoms with Crippen LogP contribution in [0.5, 0.6) is 0 Å². The molecule has 0 saturated carbocycles. The summed E-state index contributed by atoms with van der Waals surface area (Å²) in [6, 6.07) is 5.58. The standard InChI is InChI=1S/C19H27N5O2.ClH/c1-15-4-2-5-16-18(15)22-14-24(19(16)26)11-6-17(25)21-7-3-10-23-12-8-20-9-13-23;/h2,4-5,14,20H,3,6-13H2,1H3,(H,21,25);1H. The average Bonchev–Trinajstić information content (AvgIpc) is 2.66. The minimum absolute atomic E-state index is 0. The van der Waals surface area contributed by atoms with Crippen LogP contribution in [0.4, 0.5) is 0 Å². The van der Waals surface area contributed by atoms with Gasteiger partial charge in [-0.05, 0) is 31.5 Å². The van der Waals surface area contributed by atoms with E-state index < -0.39 is 0 Å². The van der Waals surface area contributed by atoms with E-state index >= 15 is 0 Å². The van der Waals surface area contributed by atoms with Crippen LogP contribution in [-0.2, 0) is 11.3 Å². The second kappa shape index (κ2) is 10.4. The topological polar surface area (TPSA) is 79.3 Å². The largest absolute Gasteiger partial charge is 0.356 e. The number of nitrogens with zero attached hydrogens (tertiary/aromatic N) is 3. The zero-order chi connectivity index (χ0) is 18.4. The fourth-order valence-electron chi connectivity index (χ4n) is 3.27. The predicted molar refractivity (Wildman–Crippen MR) is 110 cm³/mol. The molecular weight excluding hydrogens is 366 g/mol. The monoisotopic (exact) mass is 393 g/mol. The van der Waals surface area contributed by atoms with Crippen molar-refractivity contribution in [2.75, 3.05) is 39.3 Å². The van der Waals surface area contributed by atoms with Crippen molar-refractivity contribution in [1.82, 2.24) is 25.1 Å². The normalized spacial score (nSPS) is 14.7. The number of piperazine rings is 1. The summed E-state index contributed by atoms with van der Waals surface area (Å²) in [7, 11) is 0. The number of nitrogens with one attached hydrogen (secondary N) is 2. The van der Waals surface area contributed by atoms with Gasteiger partial charge in [-0.3, -0.25) is 14.2 Å². The van der Waals surface area contributed by atoms with Crippen molar-refractivity contribution in [3.63, 3.8) is 0 Å². The zero-order valence-electron chi connectivity index (χ0n) is 15.7. The van der Waals surface area contributed by atoms with E-state index in [2.05, 4.69) is 20.5 Å². The fourth-order valence-corrected chi connectivity index (χ4v) is 3.27. The number of fused-ring (bicyclic) bond motifs is 1. The number of amides is 1. The van der Waals surface area contributed by atoms with Gasteiger partial charge in [-0.2, -0.15) is 0 Å². The van der Waals surface area contributed by atoms with Crippen molar-refractivity contribution in [2.45, 2.75) is 26.3 Å². The molecule has 3 rings (SSSR count). The van der Waals surface area contributed by atoms with Crippen LogP contribution in [0.15, 0.2) is 29.3 Å². The molecule has 0 spiro atoms. The summed E-state index contributed by atoms with van der Waals surface area (Å²) in [6.45, 7) is 8.20. The molecule has 1 aromatic heterocycles. The van der Waals surface area contributed by atoms with E-state index in [1.165, 1.54) is 10.9 Å². The molecule has 1 saturated heterocycles. The van der Waals surface area contributed by atoms with E-state index in [0.29, 0.717) is 18.5 Å². The molecule has 148 valence electrons. The van der Waals surface area contributed by atoms with Crippen LogP contribution in [0.25, 0.3) is 10.9 Å². The quantitative estimate of drug-likeness (QED) is 0.684. The number of aromatic nitrogens is 2. The molecular formula is C19H28ClN5O2. The van der Waals surface area contributed by atoms with Crippen molar-refractivity contribution < 1.29 is 4.79 Å². The summed E-state index contributed by atoms with van der Waals surface area (Å²) in [5, 5.41) is 6.87. The number of hydrogen-bond acceptors (Lipinski definition) is 5. The predicted octanol–water partition coefficient (Wildman–Crippen LogP) is 0.928. The molecule has 1 amide bonds. The maximum atomic E-state index is 12.5. The Kier molecular flexibility index (Phi) is 8.22. The average molecular weight is 394 g/mol. The molecule has 1 aliphatic heterocycles. The molecule has 0 bridgehead atoms. The van der Waals surface area contributed by atoms with E-state index in [9.17, 15) is 9.59 Å². The molecule has 8 heteroatoms. The summed E-state index contributed by atoms with van der Waals surface area (Å²) in [5.74, 6) is -0.0263. The summed E-state index contributed by atoms with van der Waals surface area (Å²) in [6.07, 6.45) is 2.77. The summed E-state index contributed by atoms with van der Waals surface area (Å²) in [4.78, 5) is 31.3. The van der Waals surface area contributed by atoms with Gasteiger partial charge in [0.25, 0.3) is 5.56 Å². The van der Waals surface area contributed by atoms with Crippen molar-refractivity contribution in [3.05, 3.63) is 40.4 Å². The first kappa shape index (κ1) is 21.3. The van der Waals surface area contributed by atoms with Gasteiger partial charge in [0.15, 0.2) is 0 Å². The van der Waals surface area contributed by atoms with Crippen LogP contribution in [0, 0.1) is 6.92 Å². The maximum absolute atomic E-state index is 12.5. The van der Waals surface area contributed by atoms with Gasteiger partial charge in [-0.1, -0.05) is 12.1 Å². The van der Waals surface area contributed by atoms with E-state index in [1.54, 1.807) is 6.07 Å². The molecule has 2 aromatic rings. The number of carbonyl (C=O) groups excluding carboxylic acids is 1. The fraction of sp³-hybridized carbons (Fsp3) is 0.526. The number of aryl methyl sites for hydroxylation is 2. The van der Waals surface area contributed by atoms with Gasteiger partial charge < -0.3 is 15.5 Å². The molecule has 1 fully saturated rings. The lowest BCUT2D eigenvalue weighted by molar-refractivity contribution is -0.121. The highest BCUT2D eigenvalue weighted by molar-refractivity contribution is 5.85. The Labute approximate surface area is 165 Å². The minimum Gasteiger partial charge on any atom is -0.356 e. The van der Waals surface area contributed by atoms with Crippen molar-refractivity contribution >= 4 is 29.2 Å². The lowest BCUT2D eigenvalue weighted by Crippen LogP contribution is -2.44. The molecule has 7 nitrogen and oxygen atoms in total. The number of hydrogen-bond donors (Lipinski definition) is 2. The molecule has 0 atom stereocenters. The molecule has 2 heterocycles. The van der Waals surface area contributed by atoms with Crippen LogP contribution >= 0.6 is 12.4 Å². The molecule has 0 radical (unpaired) electrons. The summed E-state index contributed by atoms with van der Waals surface area (Å²) < 4.78 is 1.52. The Morgan fingerprint density at radius 3 is 2.81 bits per heavy atom. The smallest absolute Gasteiger partial charge is 0.261 e. The number of rotatable bonds is 7. The van der Waals surface area contributed by atoms with Crippen LogP contribution in [0.3, 0.4) is 0 Å². The van der Waals surface area contributed by atoms with Crippen molar-refractivity contribution in [2.24, 2.45) is 0 Å². The van der Waals surface area contributed by atoms with Gasteiger partial charge in [0.05, 0.1) is 17.2 Å². The molecule has 27 heavy (non-hydrogen) atoms. The first-order chi connectivity index (χ1) is 12.6. The lowest BCUT2D eigenvalue weighted by Gasteiger charge is -2.27. The zero-order valence-corrected chi connectivity index (χ0v) is 16.6. The Morgan fingerprint density at radius 2 is 2.04 bits per heavy atom. The van der Waals surface area contributed by atoms with Gasteiger partial charge in [-0.25, -0.2) is 4.98 Å². The van der Waals surface area contributed by atoms with E-state index in [0.717, 1.165) is 50.2 Å². The third-order valence-corrected chi connectivity index (χ3v) is 4.82. The van der Waals surface area contributed by atoms with E-state index in [-0.39, 0.29) is 30.3 Å². The first-order valence-electron chi connectivity index (χ1n) is 9.30. The SMILES string of the molecule is Cc1cccc2c(=O)n(CCC(=O)NCCCN3CCNCC3)cnc12.Cl. The Hall–Kier alpha value is -1.96. The van der Waals surface area contributed by atoms with E-state index in [4.69, 9.17) is 0 Å². The van der Waals surface area contributed by atoms with Crippen LogP contribution in [0.1, 0.15) is 18.4 Å². The molecule has 1 aromatic carbocycles. The molecule has 0 unspecified atom stereocenters. The molecule has 0 aliphatic carbocycles. The summed E-state index contributed by atoms with van der Waals surface area (Å²) >= 11 is 0. The molecule has 2 N–H and O–H groups in total. The maximum Gasteiger partial charge on any atom is 0.261 e. The minimum atomic E-state index is -0.0924. The van der Waals surface area contributed by atoms with Gasteiger partial charge >= 0.3 is 0 Å². The van der Waals surface area contributed by atoms with Gasteiger partial charge in [0, 0.05) is 45.7 Å². The Morgan fingerprint density at radius 1 is 1.26 bits per heavy atom. The second-order valence-corrected chi connectivity index (χ2v) is 6.76. The number of para-hydroxylation sites is 1. The Bertz CT molecular complexity index is 817. The van der Waals surface area contributed by atoms with Gasteiger partial charge in [0.2, 0.25) is 5.91 Å². The third kappa shape index (κ3) is 5.76. The number of benzene rings is 1.